The number of carbonyl (C=O) groups is 1. The van der Waals surface area contributed by atoms with Crippen LogP contribution in [0.25, 0.3) is 0 Å². The average Bonchev–Trinajstić information content (AvgIpc) is 2.67. The molecule has 2 aliphatic carbocycles. The van der Waals surface area contributed by atoms with Crippen molar-refractivity contribution >= 4 is 5.97 Å². The third kappa shape index (κ3) is 1.08. The van der Waals surface area contributed by atoms with Crippen LogP contribution >= 0.6 is 0 Å². The first kappa shape index (κ1) is 8.96. The van der Waals surface area contributed by atoms with Gasteiger partial charge in [-0.15, -0.1) is 0 Å². The van der Waals surface area contributed by atoms with E-state index in [1.165, 1.54) is 22.3 Å². The van der Waals surface area contributed by atoms with Crippen molar-refractivity contribution in [3.05, 3.63) is 34.4 Å². The Balaban J connectivity index is 2.06. The Bertz CT molecular complexity index is 462. The number of benzene rings is 1. The quantitative estimate of drug-likeness (QED) is 0.758. The monoisotopic (exact) mass is 202 g/mol. The Labute approximate surface area is 88.9 Å². The maximum Gasteiger partial charge on any atom is 0.307 e. The third-order valence-corrected chi connectivity index (χ3v) is 3.86. The van der Waals surface area contributed by atoms with Gasteiger partial charge < -0.3 is 5.11 Å². The number of aryl methyl sites for hydroxylation is 2. The summed E-state index contributed by atoms with van der Waals surface area (Å²) >= 11 is 0. The van der Waals surface area contributed by atoms with Crippen molar-refractivity contribution in [3.8, 4) is 0 Å². The second-order valence-corrected chi connectivity index (χ2v) is 4.91. The molecule has 0 bridgehead atoms. The molecule has 0 radical (unpaired) electrons. The Morgan fingerprint density at radius 2 is 2.13 bits per heavy atom. The predicted molar refractivity (Wildman–Crippen MR) is 57.0 cm³/mol. The van der Waals surface area contributed by atoms with Crippen molar-refractivity contribution in [1.82, 2.24) is 0 Å². The van der Waals surface area contributed by atoms with Crippen LogP contribution < -0.4 is 0 Å². The first-order chi connectivity index (χ1) is 7.09. The molecule has 1 saturated carbocycles. The lowest BCUT2D eigenvalue weighted by atomic mass is 9.95. The van der Waals surface area contributed by atoms with Gasteiger partial charge in [-0.05, 0) is 42.9 Å². The first-order valence-corrected chi connectivity index (χ1v) is 5.42. The largest absolute Gasteiger partial charge is 0.481 e. The van der Waals surface area contributed by atoms with Gasteiger partial charge in [0, 0.05) is 5.92 Å². The van der Waals surface area contributed by atoms with Crippen LogP contribution in [0.15, 0.2) is 12.1 Å². The van der Waals surface area contributed by atoms with Gasteiger partial charge in [-0.25, -0.2) is 0 Å². The Kier molecular flexibility index (Phi) is 1.57. The van der Waals surface area contributed by atoms with Crippen molar-refractivity contribution in [3.63, 3.8) is 0 Å². The van der Waals surface area contributed by atoms with Crippen molar-refractivity contribution < 1.29 is 9.90 Å². The molecule has 1 aromatic carbocycles. The van der Waals surface area contributed by atoms with E-state index in [4.69, 9.17) is 5.11 Å². The molecule has 0 aliphatic heterocycles. The Morgan fingerprint density at radius 1 is 1.40 bits per heavy atom. The van der Waals surface area contributed by atoms with Gasteiger partial charge in [0.15, 0.2) is 0 Å². The molecule has 0 unspecified atom stereocenters. The first-order valence-electron chi connectivity index (χ1n) is 5.42. The van der Waals surface area contributed by atoms with Crippen molar-refractivity contribution in [2.45, 2.75) is 26.2 Å². The lowest BCUT2D eigenvalue weighted by molar-refractivity contribution is -0.139. The van der Waals surface area contributed by atoms with Gasteiger partial charge in [0.1, 0.15) is 0 Å². The van der Waals surface area contributed by atoms with E-state index >= 15 is 0 Å². The van der Waals surface area contributed by atoms with E-state index < -0.39 is 5.97 Å². The molecule has 0 heterocycles. The zero-order valence-corrected chi connectivity index (χ0v) is 8.95. The highest BCUT2D eigenvalue weighted by molar-refractivity contribution is 5.78. The molecule has 15 heavy (non-hydrogen) atoms. The van der Waals surface area contributed by atoms with Crippen LogP contribution in [-0.4, -0.2) is 11.1 Å². The topological polar surface area (TPSA) is 37.3 Å². The molecule has 0 saturated heterocycles. The van der Waals surface area contributed by atoms with Gasteiger partial charge in [-0.1, -0.05) is 17.7 Å². The normalized spacial score (nSPS) is 30.9. The zero-order chi connectivity index (χ0) is 10.7. The standard InChI is InChI=1S/C13H14O2/c1-6-3-7(2)10-8(4-6)5-9-11(10)12(9)13(14)15/h3-4,9,11-12H,5H2,1-2H3,(H,14,15)/t9-,11+,12+/m0/s1. The van der Waals surface area contributed by atoms with Crippen LogP contribution in [0, 0.1) is 25.7 Å². The van der Waals surface area contributed by atoms with E-state index in [-0.39, 0.29) is 5.92 Å². The summed E-state index contributed by atoms with van der Waals surface area (Å²) in [5.74, 6) is -0.00867. The molecule has 3 atom stereocenters. The molecular weight excluding hydrogens is 188 g/mol. The fourth-order valence-electron chi connectivity index (χ4n) is 3.32. The van der Waals surface area contributed by atoms with Gasteiger partial charge in [0.2, 0.25) is 0 Å². The number of carboxylic acids is 1. The molecule has 0 aromatic heterocycles. The highest BCUT2D eigenvalue weighted by atomic mass is 16.4. The molecule has 2 nitrogen and oxygen atoms in total. The minimum absolute atomic E-state index is 0.0982. The minimum Gasteiger partial charge on any atom is -0.481 e. The van der Waals surface area contributed by atoms with E-state index in [1.54, 1.807) is 0 Å². The SMILES string of the molecule is Cc1cc(C)c2c(c1)C[C@@H]1[C@@H](C(=O)O)[C@@H]21. The summed E-state index contributed by atoms with van der Waals surface area (Å²) in [5, 5.41) is 9.03. The van der Waals surface area contributed by atoms with Gasteiger partial charge >= 0.3 is 5.97 Å². The highest BCUT2D eigenvalue weighted by Crippen LogP contribution is 2.62. The number of carboxylic acid groups (broad SMARTS) is 1. The van der Waals surface area contributed by atoms with Crippen molar-refractivity contribution in [1.29, 1.82) is 0 Å². The minimum atomic E-state index is -0.615. The molecule has 0 spiro atoms. The van der Waals surface area contributed by atoms with E-state index in [0.717, 1.165) is 6.42 Å². The molecule has 1 N–H and O–H groups in total. The summed E-state index contributed by atoms with van der Waals surface area (Å²) in [6.07, 6.45) is 0.972. The summed E-state index contributed by atoms with van der Waals surface area (Å²) in [5.41, 5.74) is 5.29. The molecule has 3 rings (SSSR count). The van der Waals surface area contributed by atoms with Crippen LogP contribution in [0.3, 0.4) is 0 Å². The van der Waals surface area contributed by atoms with Crippen LogP contribution in [0.1, 0.15) is 28.2 Å². The Morgan fingerprint density at radius 3 is 2.80 bits per heavy atom. The molecule has 1 fully saturated rings. The lowest BCUT2D eigenvalue weighted by Crippen LogP contribution is -2.06. The van der Waals surface area contributed by atoms with E-state index in [1.807, 2.05) is 0 Å². The number of hydrogen-bond acceptors (Lipinski definition) is 1. The zero-order valence-electron chi connectivity index (χ0n) is 8.95. The molecule has 2 heteroatoms. The second-order valence-electron chi connectivity index (χ2n) is 4.91. The summed E-state index contributed by atoms with van der Waals surface area (Å²) < 4.78 is 0. The Hall–Kier alpha value is -1.31. The maximum atomic E-state index is 11.0. The van der Waals surface area contributed by atoms with Gasteiger partial charge in [0.05, 0.1) is 5.92 Å². The lowest BCUT2D eigenvalue weighted by Gasteiger charge is -2.10. The van der Waals surface area contributed by atoms with E-state index in [0.29, 0.717) is 11.8 Å². The fourth-order valence-corrected chi connectivity index (χ4v) is 3.32. The molecule has 0 amide bonds. The smallest absolute Gasteiger partial charge is 0.307 e. The van der Waals surface area contributed by atoms with E-state index in [9.17, 15) is 4.79 Å². The number of fused-ring (bicyclic) bond motifs is 3. The van der Waals surface area contributed by atoms with Crippen LogP contribution in [-0.2, 0) is 11.2 Å². The highest BCUT2D eigenvalue weighted by Gasteiger charge is 2.60. The predicted octanol–water partition coefficient (Wildman–Crippen LogP) is 2.27. The average molecular weight is 202 g/mol. The van der Waals surface area contributed by atoms with Crippen LogP contribution in [0.5, 0.6) is 0 Å². The number of hydrogen-bond donors (Lipinski definition) is 1. The van der Waals surface area contributed by atoms with Crippen LogP contribution in [0.4, 0.5) is 0 Å². The number of rotatable bonds is 1. The third-order valence-electron chi connectivity index (χ3n) is 3.86. The molecule has 78 valence electrons. The fraction of sp³-hybridized carbons (Fsp3) is 0.462. The van der Waals surface area contributed by atoms with Gasteiger partial charge in [-0.3, -0.25) is 4.79 Å². The van der Waals surface area contributed by atoms with Crippen molar-refractivity contribution in [2.24, 2.45) is 11.8 Å². The van der Waals surface area contributed by atoms with Gasteiger partial charge in [-0.2, -0.15) is 0 Å². The maximum absolute atomic E-state index is 11.0. The molecular formula is C13H14O2. The molecule has 1 aromatic rings. The van der Waals surface area contributed by atoms with Crippen LogP contribution in [0.2, 0.25) is 0 Å². The second kappa shape index (κ2) is 2.63. The summed E-state index contributed by atoms with van der Waals surface area (Å²) in [6.45, 7) is 4.21. The van der Waals surface area contributed by atoms with E-state index in [2.05, 4.69) is 26.0 Å². The van der Waals surface area contributed by atoms with Gasteiger partial charge in [0.25, 0.3) is 0 Å². The summed E-state index contributed by atoms with van der Waals surface area (Å²) in [4.78, 5) is 11.0. The van der Waals surface area contributed by atoms with Crippen molar-refractivity contribution in [2.75, 3.05) is 0 Å². The summed E-state index contributed by atoms with van der Waals surface area (Å²) in [7, 11) is 0. The number of aliphatic carboxylic acids is 1. The molecule has 2 aliphatic rings. The summed E-state index contributed by atoms with van der Waals surface area (Å²) in [6, 6.07) is 4.38.